The molecule has 0 spiro atoms. The van der Waals surface area contributed by atoms with E-state index in [1.807, 2.05) is 0 Å². The summed E-state index contributed by atoms with van der Waals surface area (Å²) >= 11 is 10.7. The maximum atomic E-state index is 6.03. The lowest BCUT2D eigenvalue weighted by Crippen LogP contribution is -2.14. The van der Waals surface area contributed by atoms with Gasteiger partial charge < -0.3 is 4.74 Å². The third-order valence-electron chi connectivity index (χ3n) is 4.90. The highest BCUT2D eigenvalue weighted by molar-refractivity contribution is 8.41. The fraction of sp³-hybridized carbons (Fsp3) is 0.955. The Balaban J connectivity index is 3.37. The molecule has 0 aliphatic rings. The van der Waals surface area contributed by atoms with E-state index in [1.165, 1.54) is 103 Å². The molecule has 1 nitrogen and oxygen atoms in total. The van der Waals surface area contributed by atoms with E-state index in [4.69, 9.17) is 17.0 Å². The monoisotopic (exact) mass is 420 g/mol. The van der Waals surface area contributed by atoms with Crippen LogP contribution in [-0.4, -0.2) is 22.0 Å². The molecule has 156 valence electrons. The summed E-state index contributed by atoms with van der Waals surface area (Å²) in [7, 11) is 0. The molecule has 0 aromatic heterocycles. The molecule has 0 aromatic carbocycles. The van der Waals surface area contributed by atoms with Crippen LogP contribution in [0.15, 0.2) is 0 Å². The molecule has 4 heteroatoms. The fourth-order valence-corrected chi connectivity index (χ4v) is 4.24. The summed E-state index contributed by atoms with van der Waals surface area (Å²) in [6.07, 6.45) is 22.5. The molecular formula is C22H44OS3. The average Bonchev–Trinajstić information content (AvgIpc) is 2.62. The lowest BCUT2D eigenvalue weighted by molar-refractivity contribution is 0.0502. The molecule has 1 unspecified atom stereocenters. The number of thioether (sulfide) groups is 1. The van der Waals surface area contributed by atoms with Gasteiger partial charge >= 0.3 is 0 Å². The van der Waals surface area contributed by atoms with E-state index < -0.39 is 0 Å². The average molecular weight is 421 g/mol. The summed E-state index contributed by atoms with van der Waals surface area (Å²) in [6, 6.07) is 0. The zero-order chi connectivity index (χ0) is 19.3. The minimum Gasteiger partial charge on any atom is -0.377 e. The lowest BCUT2D eigenvalue weighted by Gasteiger charge is -2.17. The maximum absolute atomic E-state index is 6.03. The highest BCUT2D eigenvalue weighted by Gasteiger charge is 2.08. The molecule has 0 fully saturated rings. The first-order valence-corrected chi connectivity index (χ1v) is 13.0. The Hall–Kier alpha value is 0.750. The van der Waals surface area contributed by atoms with Crippen molar-refractivity contribution in [2.45, 2.75) is 123 Å². The van der Waals surface area contributed by atoms with E-state index >= 15 is 0 Å². The fourth-order valence-electron chi connectivity index (χ4n) is 3.37. The molecular weight excluding hydrogens is 376 g/mol. The van der Waals surface area contributed by atoms with Crippen LogP contribution in [0.25, 0.3) is 0 Å². The van der Waals surface area contributed by atoms with Crippen molar-refractivity contribution in [3.8, 4) is 0 Å². The maximum Gasteiger partial charge on any atom is 0.101 e. The van der Waals surface area contributed by atoms with E-state index in [9.17, 15) is 0 Å². The van der Waals surface area contributed by atoms with Crippen molar-refractivity contribution in [1.29, 1.82) is 0 Å². The van der Waals surface area contributed by atoms with Crippen LogP contribution in [0.1, 0.15) is 117 Å². The second kappa shape index (κ2) is 22.0. The zero-order valence-corrected chi connectivity index (χ0v) is 20.0. The minimum atomic E-state index is 0.446. The van der Waals surface area contributed by atoms with Gasteiger partial charge in [-0.25, -0.2) is 0 Å². The number of thiocarbonyl (C=S) groups is 1. The zero-order valence-electron chi connectivity index (χ0n) is 17.5. The smallest absolute Gasteiger partial charge is 0.101 e. The first kappa shape index (κ1) is 26.8. The van der Waals surface area contributed by atoms with Crippen LogP contribution in [0.4, 0.5) is 0 Å². The number of ether oxygens (including phenoxy) is 1. The molecule has 1 atom stereocenters. The van der Waals surface area contributed by atoms with Gasteiger partial charge in [0.25, 0.3) is 0 Å². The van der Waals surface area contributed by atoms with Crippen LogP contribution in [0.3, 0.4) is 0 Å². The molecule has 0 saturated carbocycles. The standard InChI is InChI=1S/C22H44OS3/c1-3-5-6-7-8-9-10-11-12-13-14-15-16-18-21(17-4-2)23-19-20-26-22(24)25/h21H,3-20H2,1-2H3,(H,24,25). The molecule has 0 N–H and O–H groups in total. The van der Waals surface area contributed by atoms with Crippen LogP contribution >= 0.6 is 36.6 Å². The predicted octanol–water partition coefficient (Wildman–Crippen LogP) is 8.60. The van der Waals surface area contributed by atoms with Gasteiger partial charge in [-0.3, -0.25) is 0 Å². The first-order valence-electron chi connectivity index (χ1n) is 11.2. The van der Waals surface area contributed by atoms with Crippen LogP contribution in [-0.2, 0) is 4.74 Å². The molecule has 0 aromatic rings. The summed E-state index contributed by atoms with van der Waals surface area (Å²) < 4.78 is 6.75. The van der Waals surface area contributed by atoms with Crippen molar-refractivity contribution in [2.24, 2.45) is 0 Å². The molecule has 0 aliphatic heterocycles. The summed E-state index contributed by atoms with van der Waals surface area (Å²) in [4.78, 5) is 0. The SMILES string of the molecule is CCCCCCCCCCCCCCCC(CCC)OCCSC(=S)S. The van der Waals surface area contributed by atoms with Crippen molar-refractivity contribution in [3.05, 3.63) is 0 Å². The van der Waals surface area contributed by atoms with Gasteiger partial charge in [0.05, 0.1) is 12.7 Å². The molecule has 26 heavy (non-hydrogen) atoms. The Kier molecular flexibility index (Phi) is 22.7. The van der Waals surface area contributed by atoms with Crippen LogP contribution in [0.5, 0.6) is 0 Å². The number of hydrogen-bond donors (Lipinski definition) is 1. The molecule has 0 saturated heterocycles. The first-order chi connectivity index (χ1) is 12.7. The summed E-state index contributed by atoms with van der Waals surface area (Å²) in [5.41, 5.74) is 0. The van der Waals surface area contributed by atoms with E-state index in [0.29, 0.717) is 6.10 Å². The largest absolute Gasteiger partial charge is 0.377 e. The van der Waals surface area contributed by atoms with Gasteiger partial charge in [-0.05, 0) is 12.8 Å². The van der Waals surface area contributed by atoms with E-state index in [1.54, 1.807) is 11.8 Å². The Morgan fingerprint density at radius 2 is 1.27 bits per heavy atom. The van der Waals surface area contributed by atoms with Crippen LogP contribution < -0.4 is 0 Å². The number of thiol groups is 1. The van der Waals surface area contributed by atoms with Gasteiger partial charge in [-0.1, -0.05) is 116 Å². The minimum absolute atomic E-state index is 0.446. The Morgan fingerprint density at radius 3 is 1.73 bits per heavy atom. The highest BCUT2D eigenvalue weighted by Crippen LogP contribution is 2.16. The number of hydrogen-bond acceptors (Lipinski definition) is 3. The normalized spacial score (nSPS) is 12.4. The van der Waals surface area contributed by atoms with Crippen molar-refractivity contribution < 1.29 is 4.74 Å². The molecule has 0 amide bonds. The third kappa shape index (κ3) is 21.1. The molecule has 0 heterocycles. The topological polar surface area (TPSA) is 9.23 Å². The van der Waals surface area contributed by atoms with Gasteiger partial charge in [0.2, 0.25) is 0 Å². The van der Waals surface area contributed by atoms with Crippen LogP contribution in [0.2, 0.25) is 0 Å². The number of unbranched alkanes of at least 4 members (excludes halogenated alkanes) is 12. The van der Waals surface area contributed by atoms with Crippen LogP contribution in [0, 0.1) is 0 Å². The quantitative estimate of drug-likeness (QED) is 0.120. The molecule has 0 radical (unpaired) electrons. The van der Waals surface area contributed by atoms with Gasteiger partial charge in [0.1, 0.15) is 3.53 Å². The summed E-state index contributed by atoms with van der Waals surface area (Å²) in [5.74, 6) is 0.932. The highest BCUT2D eigenvalue weighted by atomic mass is 32.2. The third-order valence-corrected chi connectivity index (χ3v) is 6.26. The Labute approximate surface area is 179 Å². The van der Waals surface area contributed by atoms with Gasteiger partial charge in [-0.2, -0.15) is 0 Å². The van der Waals surface area contributed by atoms with E-state index in [2.05, 4.69) is 26.5 Å². The summed E-state index contributed by atoms with van der Waals surface area (Å²) in [6.45, 7) is 5.34. The molecule has 0 rings (SSSR count). The van der Waals surface area contributed by atoms with Crippen molar-refractivity contribution in [2.75, 3.05) is 12.4 Å². The van der Waals surface area contributed by atoms with Gasteiger partial charge in [0.15, 0.2) is 0 Å². The summed E-state index contributed by atoms with van der Waals surface area (Å²) in [5, 5.41) is 0. The Bertz CT molecular complexity index is 297. The van der Waals surface area contributed by atoms with Gasteiger partial charge in [0, 0.05) is 5.75 Å². The van der Waals surface area contributed by atoms with Gasteiger partial charge in [-0.15, -0.1) is 24.4 Å². The lowest BCUT2D eigenvalue weighted by atomic mass is 10.0. The second-order valence-corrected chi connectivity index (χ2v) is 10.3. The van der Waals surface area contributed by atoms with Crippen molar-refractivity contribution >= 4 is 40.1 Å². The van der Waals surface area contributed by atoms with E-state index in [-0.39, 0.29) is 0 Å². The molecule has 0 bridgehead atoms. The van der Waals surface area contributed by atoms with Crippen molar-refractivity contribution in [3.63, 3.8) is 0 Å². The number of rotatable bonds is 20. The van der Waals surface area contributed by atoms with E-state index in [0.717, 1.165) is 15.9 Å². The van der Waals surface area contributed by atoms with Crippen molar-refractivity contribution in [1.82, 2.24) is 0 Å². The second-order valence-electron chi connectivity index (χ2n) is 7.43. The molecule has 0 aliphatic carbocycles. The Morgan fingerprint density at radius 1 is 0.769 bits per heavy atom. The predicted molar refractivity (Wildman–Crippen MR) is 129 cm³/mol.